The number of unbranched alkanes of at least 4 members (excludes halogenated alkanes) is 15. The number of hydrogen-bond acceptors (Lipinski definition) is 6. The Morgan fingerprint density at radius 3 is 1.76 bits per heavy atom. The van der Waals surface area contributed by atoms with Crippen LogP contribution in [0.1, 0.15) is 129 Å². The van der Waals surface area contributed by atoms with E-state index in [1.165, 1.54) is 90.4 Å². The normalized spacial score (nSPS) is 14.6. The number of aliphatic hydroxyl groups excluding tert-OH is 1. The van der Waals surface area contributed by atoms with Crippen molar-refractivity contribution in [3.8, 4) is 0 Å². The van der Waals surface area contributed by atoms with Crippen molar-refractivity contribution in [3.05, 3.63) is 0 Å². The number of carbonyl (C=O) groups is 3. The summed E-state index contributed by atoms with van der Waals surface area (Å²) in [5, 5.41) is 12.3. The number of likely N-dealkylation sites (N-methyl/N-ethyl adjacent to an activating group) is 1. The first kappa shape index (κ1) is 40.4. The molecule has 1 atom stereocenters. The molecule has 42 heavy (non-hydrogen) atoms. The summed E-state index contributed by atoms with van der Waals surface area (Å²) in [7, 11) is 2.13. The second-order valence-corrected chi connectivity index (χ2v) is 12.2. The van der Waals surface area contributed by atoms with E-state index in [2.05, 4.69) is 19.3 Å². The minimum absolute atomic E-state index is 0. The highest BCUT2D eigenvalue weighted by Crippen LogP contribution is 2.16. The molecule has 1 rings (SSSR count). The molecule has 0 aromatic heterocycles. The molecule has 1 aliphatic heterocycles. The van der Waals surface area contributed by atoms with Gasteiger partial charge in [0.15, 0.2) is 6.10 Å². The van der Waals surface area contributed by atoms with E-state index in [-0.39, 0.29) is 31.5 Å². The summed E-state index contributed by atoms with van der Waals surface area (Å²) in [4.78, 5) is 37.6. The molecule has 0 aliphatic carbocycles. The van der Waals surface area contributed by atoms with Crippen LogP contribution in [-0.4, -0.2) is 91.7 Å². The van der Waals surface area contributed by atoms with E-state index in [0.29, 0.717) is 13.1 Å². The summed E-state index contributed by atoms with van der Waals surface area (Å²) in [5.41, 5.74) is 0. The molecule has 9 nitrogen and oxygen atoms in total. The molecule has 10 heteroatoms. The van der Waals surface area contributed by atoms with Crippen molar-refractivity contribution in [1.29, 1.82) is 0 Å². The van der Waals surface area contributed by atoms with Gasteiger partial charge in [-0.3, -0.25) is 4.79 Å². The van der Waals surface area contributed by atoms with Crippen molar-refractivity contribution in [2.45, 2.75) is 136 Å². The summed E-state index contributed by atoms with van der Waals surface area (Å²) >= 11 is 0. The molecule has 0 saturated carbocycles. The Bertz CT molecular complexity index is 706. The molecule has 0 bridgehead atoms. The van der Waals surface area contributed by atoms with Crippen molar-refractivity contribution in [2.75, 3.05) is 53.0 Å². The molecule has 2 N–H and O–H groups in total. The lowest BCUT2D eigenvalue weighted by molar-refractivity contribution is -0.896. The highest BCUT2D eigenvalue weighted by atomic mass is 35.5. The van der Waals surface area contributed by atoms with E-state index in [1.807, 2.05) is 0 Å². The number of quaternary nitrogens is 1. The van der Waals surface area contributed by atoms with Crippen LogP contribution in [0.15, 0.2) is 0 Å². The quantitative estimate of drug-likeness (QED) is 0.0891. The van der Waals surface area contributed by atoms with E-state index < -0.39 is 24.9 Å². The maximum atomic E-state index is 12.5. The van der Waals surface area contributed by atoms with Gasteiger partial charge in [0.2, 0.25) is 5.91 Å². The van der Waals surface area contributed by atoms with Crippen LogP contribution < -0.4 is 5.32 Å². The van der Waals surface area contributed by atoms with Crippen LogP contribution in [-0.2, 0) is 14.3 Å². The van der Waals surface area contributed by atoms with Crippen LogP contribution in [0.2, 0.25) is 0 Å². The topological polar surface area (TPSA) is 105 Å². The third kappa shape index (κ3) is 20.3. The van der Waals surface area contributed by atoms with E-state index in [4.69, 9.17) is 9.47 Å². The van der Waals surface area contributed by atoms with Crippen LogP contribution in [0.3, 0.4) is 0 Å². The number of nitrogens with zero attached hydrogens (tertiary/aromatic N) is 2. The molecule has 1 saturated heterocycles. The van der Waals surface area contributed by atoms with Gasteiger partial charge < -0.3 is 24.4 Å². The first-order valence-electron chi connectivity index (χ1n) is 16.6. The Labute approximate surface area is 262 Å². The lowest BCUT2D eigenvalue weighted by Gasteiger charge is -2.31. The van der Waals surface area contributed by atoms with Crippen LogP contribution in [0, 0.1) is 0 Å². The highest BCUT2D eigenvalue weighted by Gasteiger charge is 2.30. The third-order valence-electron chi connectivity index (χ3n) is 8.28. The molecule has 3 amide bonds. The molecule has 1 aliphatic rings. The smallest absolute Gasteiger partial charge is 0.416 e. The lowest BCUT2D eigenvalue weighted by atomic mass is 10.0. The summed E-state index contributed by atoms with van der Waals surface area (Å²) in [6.45, 7) is 6.34. The average Bonchev–Trinajstić information content (AvgIpc) is 3.38. The zero-order chi connectivity index (χ0) is 30.2. The predicted octanol–water partition coefficient (Wildman–Crippen LogP) is 6.98. The van der Waals surface area contributed by atoms with E-state index >= 15 is 0 Å². The van der Waals surface area contributed by atoms with Crippen molar-refractivity contribution in [1.82, 2.24) is 10.2 Å². The molecule has 248 valence electrons. The van der Waals surface area contributed by atoms with Crippen LogP contribution >= 0.6 is 12.4 Å². The summed E-state index contributed by atoms with van der Waals surface area (Å²) in [6.07, 6.45) is 20.6. The van der Waals surface area contributed by atoms with Crippen LogP contribution in [0.4, 0.5) is 9.59 Å². The Morgan fingerprint density at radius 2 is 1.31 bits per heavy atom. The number of carbonyl (C=O) groups excluding carboxylic acids is 3. The molecular formula is C32H63ClN3O6+. The monoisotopic (exact) mass is 620 g/mol. The SMILES string of the molecule is CCCCCCCCCCCCCCCCCCNC(=O)OC(CO)COC(=O)N(CC[N+]1(C)CCCC1)C(C)=O.Cl. The van der Waals surface area contributed by atoms with E-state index in [9.17, 15) is 19.5 Å². The minimum Gasteiger partial charge on any atom is -0.445 e. The fourth-order valence-corrected chi connectivity index (χ4v) is 5.46. The van der Waals surface area contributed by atoms with Gasteiger partial charge in [0, 0.05) is 26.3 Å². The van der Waals surface area contributed by atoms with Gasteiger partial charge in [0.25, 0.3) is 0 Å². The molecule has 1 fully saturated rings. The minimum atomic E-state index is -0.985. The number of alkyl carbamates (subject to hydrolysis) is 1. The van der Waals surface area contributed by atoms with Gasteiger partial charge in [0.1, 0.15) is 6.61 Å². The highest BCUT2D eigenvalue weighted by molar-refractivity contribution is 5.90. The summed E-state index contributed by atoms with van der Waals surface area (Å²) in [6, 6.07) is 0. The third-order valence-corrected chi connectivity index (χ3v) is 8.28. The number of rotatable bonds is 24. The van der Waals surface area contributed by atoms with Gasteiger partial charge >= 0.3 is 12.2 Å². The number of aliphatic hydroxyl groups is 1. The predicted molar refractivity (Wildman–Crippen MR) is 171 cm³/mol. The number of imide groups is 1. The Morgan fingerprint density at radius 1 is 0.833 bits per heavy atom. The maximum absolute atomic E-state index is 12.5. The molecule has 0 spiro atoms. The zero-order valence-electron chi connectivity index (χ0n) is 27.0. The molecular weight excluding hydrogens is 558 g/mol. The first-order valence-corrected chi connectivity index (χ1v) is 16.6. The summed E-state index contributed by atoms with van der Waals surface area (Å²) < 4.78 is 11.2. The maximum Gasteiger partial charge on any atom is 0.416 e. The van der Waals surface area contributed by atoms with Crippen molar-refractivity contribution >= 4 is 30.5 Å². The molecule has 0 aromatic rings. The van der Waals surface area contributed by atoms with Gasteiger partial charge in [-0.1, -0.05) is 103 Å². The van der Waals surface area contributed by atoms with E-state index in [0.717, 1.165) is 54.6 Å². The number of halogens is 1. The second kappa shape index (κ2) is 25.9. The number of likely N-dealkylation sites (tertiary alicyclic amines) is 1. The number of ether oxygens (including phenoxy) is 2. The Hall–Kier alpha value is -1.58. The number of hydrogen-bond donors (Lipinski definition) is 2. The van der Waals surface area contributed by atoms with Gasteiger partial charge in [0.05, 0.1) is 39.8 Å². The largest absolute Gasteiger partial charge is 0.445 e. The van der Waals surface area contributed by atoms with E-state index in [1.54, 1.807) is 0 Å². The number of nitrogens with one attached hydrogen (secondary N) is 1. The zero-order valence-corrected chi connectivity index (χ0v) is 27.9. The van der Waals surface area contributed by atoms with Crippen molar-refractivity contribution in [2.24, 2.45) is 0 Å². The van der Waals surface area contributed by atoms with Gasteiger partial charge in [-0.15, -0.1) is 12.4 Å². The standard InChI is InChI=1S/C32H61N3O6.ClH/c1-4-5-6-7-8-9-10-11-12-13-14-15-16-17-18-19-22-33-31(38)41-30(27-36)28-40-32(39)34(29(2)37)23-26-35(3)24-20-21-25-35;/h30,36H,4-28H2,1-3H3;1H/p+1. The molecule has 0 radical (unpaired) electrons. The average molecular weight is 621 g/mol. The number of amides is 3. The fraction of sp³-hybridized carbons (Fsp3) is 0.906. The Kier molecular flexibility index (Phi) is 24.9. The second-order valence-electron chi connectivity index (χ2n) is 12.2. The lowest BCUT2D eigenvalue weighted by Crippen LogP contribution is -2.49. The van der Waals surface area contributed by atoms with Gasteiger partial charge in [-0.2, -0.15) is 0 Å². The van der Waals surface area contributed by atoms with Gasteiger partial charge in [-0.25, -0.2) is 14.5 Å². The van der Waals surface area contributed by atoms with Crippen molar-refractivity contribution < 1.29 is 33.4 Å². The fourth-order valence-electron chi connectivity index (χ4n) is 5.46. The molecule has 1 heterocycles. The first-order chi connectivity index (χ1) is 19.8. The molecule has 0 aromatic carbocycles. The van der Waals surface area contributed by atoms with Crippen LogP contribution in [0.5, 0.6) is 0 Å². The molecule has 1 unspecified atom stereocenters. The Balaban J connectivity index is 0.0000168. The summed E-state index contributed by atoms with van der Waals surface area (Å²) in [5.74, 6) is -0.390. The van der Waals surface area contributed by atoms with Crippen molar-refractivity contribution in [3.63, 3.8) is 0 Å². The van der Waals surface area contributed by atoms with Crippen LogP contribution in [0.25, 0.3) is 0 Å². The van der Waals surface area contributed by atoms with Gasteiger partial charge in [-0.05, 0) is 6.42 Å².